The van der Waals surface area contributed by atoms with Crippen molar-refractivity contribution in [2.75, 3.05) is 5.88 Å². The number of nitrogens with zero attached hydrogens (tertiary/aromatic N) is 3. The van der Waals surface area contributed by atoms with E-state index in [0.29, 0.717) is 17.3 Å². The summed E-state index contributed by atoms with van der Waals surface area (Å²) in [6.07, 6.45) is 3.29. The van der Waals surface area contributed by atoms with E-state index in [9.17, 15) is 0 Å². The molecule has 3 aromatic rings. The zero-order valence-corrected chi connectivity index (χ0v) is 13.2. The number of alkyl halides is 1. The molecule has 5 heteroatoms. The van der Waals surface area contributed by atoms with Gasteiger partial charge in [-0.25, -0.2) is 9.97 Å². The molecule has 0 saturated carbocycles. The largest absolute Gasteiger partial charge is 0.280 e. The summed E-state index contributed by atoms with van der Waals surface area (Å²) in [6.45, 7) is 2.14. The molecule has 2 aromatic heterocycles. The molecule has 0 fully saturated rings. The van der Waals surface area contributed by atoms with Gasteiger partial charge in [-0.15, -0.1) is 11.6 Å². The molecule has 108 valence electrons. The lowest BCUT2D eigenvalue weighted by Crippen LogP contribution is -2.05. The number of hydrogen-bond acceptors (Lipinski definition) is 2. The first kappa shape index (κ1) is 14.4. The van der Waals surface area contributed by atoms with E-state index in [-0.39, 0.29) is 0 Å². The van der Waals surface area contributed by atoms with Gasteiger partial charge in [0, 0.05) is 18.5 Å². The minimum atomic E-state index is 0.519. The normalized spacial score (nSPS) is 11.2. The number of pyridine rings is 1. The van der Waals surface area contributed by atoms with E-state index in [1.165, 1.54) is 5.56 Å². The van der Waals surface area contributed by atoms with Crippen LogP contribution in [0.15, 0.2) is 36.5 Å². The fourth-order valence-electron chi connectivity index (χ4n) is 2.52. The predicted octanol–water partition coefficient (Wildman–Crippen LogP) is 4.42. The van der Waals surface area contributed by atoms with Crippen molar-refractivity contribution < 1.29 is 0 Å². The molecule has 0 atom stereocenters. The van der Waals surface area contributed by atoms with Gasteiger partial charge in [0.05, 0.1) is 10.7 Å². The Bertz CT molecular complexity index is 780. The number of benzene rings is 1. The number of hydrogen-bond donors (Lipinski definition) is 0. The van der Waals surface area contributed by atoms with E-state index in [4.69, 9.17) is 23.2 Å². The van der Waals surface area contributed by atoms with E-state index >= 15 is 0 Å². The fourth-order valence-corrected chi connectivity index (χ4v) is 2.84. The van der Waals surface area contributed by atoms with Gasteiger partial charge < -0.3 is 0 Å². The zero-order valence-electron chi connectivity index (χ0n) is 11.7. The Morgan fingerprint density at radius 2 is 2.05 bits per heavy atom. The Hall–Kier alpha value is -1.58. The second-order valence-electron chi connectivity index (χ2n) is 4.78. The number of fused-ring (bicyclic) bond motifs is 1. The molecule has 0 radical (unpaired) electrons. The van der Waals surface area contributed by atoms with Crippen molar-refractivity contribution in [3.05, 3.63) is 52.9 Å². The van der Waals surface area contributed by atoms with Crippen molar-refractivity contribution >= 4 is 34.4 Å². The second kappa shape index (κ2) is 6.04. The van der Waals surface area contributed by atoms with Crippen LogP contribution in [0.4, 0.5) is 0 Å². The van der Waals surface area contributed by atoms with Gasteiger partial charge in [0.2, 0.25) is 0 Å². The summed E-state index contributed by atoms with van der Waals surface area (Å²) >= 11 is 12.0. The van der Waals surface area contributed by atoms with Crippen LogP contribution >= 0.6 is 23.2 Å². The lowest BCUT2D eigenvalue weighted by Gasteiger charge is -2.12. The molecule has 0 unspecified atom stereocenters. The Labute approximate surface area is 133 Å². The monoisotopic (exact) mass is 319 g/mol. The highest BCUT2D eigenvalue weighted by atomic mass is 35.5. The Morgan fingerprint density at radius 3 is 2.81 bits per heavy atom. The molecule has 3 rings (SSSR count). The van der Waals surface area contributed by atoms with Crippen LogP contribution in [0.1, 0.15) is 18.3 Å². The van der Waals surface area contributed by atoms with Crippen molar-refractivity contribution in [2.45, 2.75) is 19.8 Å². The smallest absolute Gasteiger partial charge is 0.164 e. The molecule has 0 aliphatic heterocycles. The number of aromatic nitrogens is 3. The lowest BCUT2D eigenvalue weighted by atomic mass is 10.1. The Balaban J connectivity index is 2.31. The van der Waals surface area contributed by atoms with Crippen molar-refractivity contribution in [3.63, 3.8) is 0 Å². The maximum absolute atomic E-state index is 6.02. The summed E-state index contributed by atoms with van der Waals surface area (Å²) in [4.78, 5) is 9.11. The fraction of sp³-hybridized carbons (Fsp3) is 0.250. The summed E-state index contributed by atoms with van der Waals surface area (Å²) in [6, 6.07) is 10.1. The molecule has 3 nitrogen and oxygen atoms in total. The third-order valence-electron chi connectivity index (χ3n) is 3.46. The van der Waals surface area contributed by atoms with Crippen molar-refractivity contribution in [3.8, 4) is 5.69 Å². The molecule has 0 saturated heterocycles. The standard InChI is InChI=1S/C16H15Cl2N3/c1-2-11-5-3-4-6-14(11)21-15(7-8-17)20-13-9-12(18)10-19-16(13)21/h3-6,9-10H,2,7-8H2,1H3. The third kappa shape index (κ3) is 2.63. The number of rotatable bonds is 4. The highest BCUT2D eigenvalue weighted by Crippen LogP contribution is 2.25. The Morgan fingerprint density at radius 1 is 1.24 bits per heavy atom. The molecule has 0 N–H and O–H groups in total. The van der Waals surface area contributed by atoms with Gasteiger partial charge in [0.1, 0.15) is 11.3 Å². The molecular formula is C16H15Cl2N3. The van der Waals surface area contributed by atoms with E-state index in [1.54, 1.807) is 6.20 Å². The van der Waals surface area contributed by atoms with E-state index in [1.807, 2.05) is 18.2 Å². The molecule has 0 spiro atoms. The SMILES string of the molecule is CCc1ccccc1-n1c(CCCl)nc2cc(Cl)cnc21. The molecule has 2 heterocycles. The zero-order chi connectivity index (χ0) is 14.8. The van der Waals surface area contributed by atoms with E-state index < -0.39 is 0 Å². The van der Waals surface area contributed by atoms with Crippen LogP contribution in [0.5, 0.6) is 0 Å². The van der Waals surface area contributed by atoms with Crippen molar-refractivity contribution in [1.29, 1.82) is 0 Å². The molecule has 0 bridgehead atoms. The van der Waals surface area contributed by atoms with Gasteiger partial charge in [0.25, 0.3) is 0 Å². The molecule has 0 aliphatic rings. The molecule has 0 aliphatic carbocycles. The molecule has 0 amide bonds. The quantitative estimate of drug-likeness (QED) is 0.666. The summed E-state index contributed by atoms with van der Waals surface area (Å²) < 4.78 is 2.09. The van der Waals surface area contributed by atoms with Crippen molar-refractivity contribution in [1.82, 2.24) is 14.5 Å². The topological polar surface area (TPSA) is 30.7 Å². The number of imidazole rings is 1. The maximum Gasteiger partial charge on any atom is 0.164 e. The average molecular weight is 320 g/mol. The van der Waals surface area contributed by atoms with Gasteiger partial charge in [-0.2, -0.15) is 0 Å². The van der Waals surface area contributed by atoms with Crippen LogP contribution in [0.25, 0.3) is 16.9 Å². The van der Waals surface area contributed by atoms with Crippen LogP contribution in [0.2, 0.25) is 5.02 Å². The molecular weight excluding hydrogens is 305 g/mol. The van der Waals surface area contributed by atoms with Gasteiger partial charge in [0.15, 0.2) is 5.65 Å². The first-order valence-electron chi connectivity index (χ1n) is 6.91. The van der Waals surface area contributed by atoms with Crippen LogP contribution < -0.4 is 0 Å². The second-order valence-corrected chi connectivity index (χ2v) is 5.60. The number of aryl methyl sites for hydroxylation is 2. The molecule has 21 heavy (non-hydrogen) atoms. The van der Waals surface area contributed by atoms with Gasteiger partial charge >= 0.3 is 0 Å². The minimum Gasteiger partial charge on any atom is -0.280 e. The van der Waals surface area contributed by atoms with E-state index in [0.717, 1.165) is 29.1 Å². The summed E-state index contributed by atoms with van der Waals surface area (Å²) in [7, 11) is 0. The number of halogens is 2. The summed E-state index contributed by atoms with van der Waals surface area (Å²) in [5, 5.41) is 0.591. The average Bonchev–Trinajstić information content (AvgIpc) is 2.84. The summed E-state index contributed by atoms with van der Waals surface area (Å²) in [5.41, 5.74) is 3.98. The maximum atomic E-state index is 6.02. The first-order valence-corrected chi connectivity index (χ1v) is 7.83. The van der Waals surface area contributed by atoms with E-state index in [2.05, 4.69) is 33.6 Å². The minimum absolute atomic E-state index is 0.519. The molecule has 1 aromatic carbocycles. The van der Waals surface area contributed by atoms with Crippen LogP contribution in [0, 0.1) is 0 Å². The Kier molecular flexibility index (Phi) is 4.13. The van der Waals surface area contributed by atoms with Gasteiger partial charge in [-0.05, 0) is 24.1 Å². The van der Waals surface area contributed by atoms with Crippen LogP contribution in [0.3, 0.4) is 0 Å². The number of para-hydroxylation sites is 1. The van der Waals surface area contributed by atoms with Crippen molar-refractivity contribution in [2.24, 2.45) is 0 Å². The van der Waals surface area contributed by atoms with Gasteiger partial charge in [-0.3, -0.25) is 4.57 Å². The third-order valence-corrected chi connectivity index (χ3v) is 3.86. The highest BCUT2D eigenvalue weighted by Gasteiger charge is 2.15. The van der Waals surface area contributed by atoms with Crippen LogP contribution in [-0.2, 0) is 12.8 Å². The van der Waals surface area contributed by atoms with Gasteiger partial charge in [-0.1, -0.05) is 36.7 Å². The lowest BCUT2D eigenvalue weighted by molar-refractivity contribution is 0.892. The summed E-state index contributed by atoms with van der Waals surface area (Å²) in [5.74, 6) is 1.43. The predicted molar refractivity (Wildman–Crippen MR) is 87.7 cm³/mol. The first-order chi connectivity index (χ1) is 10.2. The van der Waals surface area contributed by atoms with Crippen LogP contribution in [-0.4, -0.2) is 20.4 Å². The highest BCUT2D eigenvalue weighted by molar-refractivity contribution is 6.31.